The van der Waals surface area contributed by atoms with E-state index in [0.717, 1.165) is 27.5 Å². The molecule has 0 saturated carbocycles. The Hall–Kier alpha value is -3.22. The summed E-state index contributed by atoms with van der Waals surface area (Å²) in [5.74, 6) is -0.959. The molecule has 5 nitrogen and oxygen atoms in total. The average Bonchev–Trinajstić information content (AvgIpc) is 3.21. The Bertz CT molecular complexity index is 1410. The van der Waals surface area contributed by atoms with Crippen molar-refractivity contribution >= 4 is 42.0 Å². The summed E-state index contributed by atoms with van der Waals surface area (Å²) in [7, 11) is -2.14. The van der Waals surface area contributed by atoms with Crippen LogP contribution < -0.4 is 0 Å². The van der Waals surface area contributed by atoms with Gasteiger partial charge in [-0.15, -0.1) is 0 Å². The molecular formula is C31H36O5Si. The van der Waals surface area contributed by atoms with Crippen molar-refractivity contribution in [1.82, 2.24) is 0 Å². The molecule has 3 aromatic carbocycles. The summed E-state index contributed by atoms with van der Waals surface area (Å²) in [4.78, 5) is 24.8. The second-order valence-electron chi connectivity index (χ2n) is 11.2. The number of aliphatic carboxylic acids is 1. The molecule has 0 aliphatic rings. The molecule has 1 N–H and O–H groups in total. The van der Waals surface area contributed by atoms with Crippen LogP contribution >= 0.6 is 0 Å². The topological polar surface area (TPSA) is 76.7 Å². The lowest BCUT2D eigenvalue weighted by Crippen LogP contribution is -2.42. The minimum absolute atomic E-state index is 0.0280. The first-order valence-electron chi connectivity index (χ1n) is 12.9. The van der Waals surface area contributed by atoms with Gasteiger partial charge in [0.05, 0.1) is 6.10 Å². The van der Waals surface area contributed by atoms with Crippen molar-refractivity contribution in [3.63, 3.8) is 0 Å². The zero-order valence-electron chi connectivity index (χ0n) is 22.3. The molecule has 194 valence electrons. The van der Waals surface area contributed by atoms with E-state index in [9.17, 15) is 9.59 Å². The highest BCUT2D eigenvalue weighted by atomic mass is 28.4. The fraction of sp³-hybridized carbons (Fsp3) is 0.355. The van der Waals surface area contributed by atoms with Gasteiger partial charge in [0.1, 0.15) is 11.2 Å². The zero-order valence-corrected chi connectivity index (χ0v) is 23.3. The molecule has 0 fully saturated rings. The summed E-state index contributed by atoms with van der Waals surface area (Å²) in [6.07, 6.45) is 0.735. The van der Waals surface area contributed by atoms with Crippen LogP contribution in [0.1, 0.15) is 67.6 Å². The lowest BCUT2D eigenvalue weighted by molar-refractivity contribution is -0.137. The number of carboxylic acid groups (broad SMARTS) is 1. The Balaban J connectivity index is 1.83. The molecule has 0 amide bonds. The number of ketones is 1. The van der Waals surface area contributed by atoms with Crippen molar-refractivity contribution in [3.8, 4) is 0 Å². The van der Waals surface area contributed by atoms with Crippen molar-refractivity contribution in [3.05, 3.63) is 83.4 Å². The van der Waals surface area contributed by atoms with Crippen molar-refractivity contribution in [1.29, 1.82) is 0 Å². The highest BCUT2D eigenvalue weighted by molar-refractivity contribution is 6.74. The molecule has 4 rings (SSSR count). The average molecular weight is 517 g/mol. The van der Waals surface area contributed by atoms with Crippen LogP contribution in [0.2, 0.25) is 18.1 Å². The number of furan rings is 1. The summed E-state index contributed by atoms with van der Waals surface area (Å²) in [6.45, 7) is 11.2. The number of Topliss-reactive ketones (excluding diaryl/α,β-unsaturated/α-hetero) is 1. The first-order valence-corrected chi connectivity index (χ1v) is 15.8. The van der Waals surface area contributed by atoms with Crippen LogP contribution in [0.3, 0.4) is 0 Å². The summed E-state index contributed by atoms with van der Waals surface area (Å²) < 4.78 is 13.0. The van der Waals surface area contributed by atoms with Crippen LogP contribution in [0.5, 0.6) is 0 Å². The van der Waals surface area contributed by atoms with Crippen LogP contribution in [-0.4, -0.2) is 25.2 Å². The van der Waals surface area contributed by atoms with Crippen molar-refractivity contribution in [2.24, 2.45) is 0 Å². The van der Waals surface area contributed by atoms with Crippen LogP contribution in [0.15, 0.2) is 71.1 Å². The van der Waals surface area contributed by atoms with E-state index in [1.54, 1.807) is 0 Å². The van der Waals surface area contributed by atoms with Crippen LogP contribution in [0.25, 0.3) is 21.9 Å². The fourth-order valence-electron chi connectivity index (χ4n) is 4.50. The summed E-state index contributed by atoms with van der Waals surface area (Å²) in [5, 5.41) is 10.8. The minimum atomic E-state index is -2.14. The van der Waals surface area contributed by atoms with Gasteiger partial charge >= 0.3 is 5.97 Å². The maximum Gasteiger partial charge on any atom is 0.303 e. The van der Waals surface area contributed by atoms with Crippen LogP contribution in [0.4, 0.5) is 0 Å². The molecule has 0 bridgehead atoms. The number of benzene rings is 3. The number of rotatable bonds is 10. The molecule has 0 aliphatic heterocycles. The predicted molar refractivity (Wildman–Crippen MR) is 151 cm³/mol. The van der Waals surface area contributed by atoms with Crippen LogP contribution in [-0.2, 0) is 15.6 Å². The SMILES string of the molecule is CC(C)(C)[Si](C)(C)OC(Cc1ccc2oc3ccccc3c2c1C(=O)CCCC(=O)O)c1ccccc1. The Morgan fingerprint density at radius 1 is 0.919 bits per heavy atom. The van der Waals surface area contributed by atoms with E-state index in [0.29, 0.717) is 24.0 Å². The number of hydrogen-bond acceptors (Lipinski definition) is 4. The molecule has 1 atom stereocenters. The second kappa shape index (κ2) is 10.6. The Morgan fingerprint density at radius 3 is 2.27 bits per heavy atom. The van der Waals surface area contributed by atoms with E-state index in [-0.39, 0.29) is 29.8 Å². The summed E-state index contributed by atoms with van der Waals surface area (Å²) in [6, 6.07) is 21.8. The van der Waals surface area contributed by atoms with Gasteiger partial charge in [-0.2, -0.15) is 0 Å². The Morgan fingerprint density at radius 2 is 1.59 bits per heavy atom. The third-order valence-electron chi connectivity index (χ3n) is 7.52. The van der Waals surface area contributed by atoms with Crippen LogP contribution in [0, 0.1) is 0 Å². The number of carbonyl (C=O) groups excluding carboxylic acids is 1. The number of carbonyl (C=O) groups is 2. The van der Waals surface area contributed by atoms with Gasteiger partial charge in [0.25, 0.3) is 0 Å². The standard InChI is InChI=1S/C31H36O5Si/c1-31(2,3)37(4,5)36-27(21-12-7-6-8-13-21)20-22-18-19-26-30(23-14-9-10-16-25(23)35-26)29(22)24(32)15-11-17-28(33)34/h6-10,12-14,16,18-19,27H,11,15,17,20H2,1-5H3,(H,33,34). The maximum absolute atomic E-state index is 13.7. The van der Waals surface area contributed by atoms with Gasteiger partial charge in [-0.3, -0.25) is 9.59 Å². The van der Waals surface area contributed by atoms with Crippen molar-refractivity contribution in [2.45, 2.75) is 70.7 Å². The van der Waals surface area contributed by atoms with Crippen molar-refractivity contribution in [2.75, 3.05) is 0 Å². The first kappa shape index (κ1) is 26.8. The van der Waals surface area contributed by atoms with Gasteiger partial charge in [-0.05, 0) is 47.8 Å². The monoisotopic (exact) mass is 516 g/mol. The highest BCUT2D eigenvalue weighted by Crippen LogP contribution is 2.42. The maximum atomic E-state index is 13.7. The van der Waals surface area contributed by atoms with Gasteiger partial charge in [0, 0.05) is 35.6 Å². The third-order valence-corrected chi connectivity index (χ3v) is 12.0. The molecule has 0 radical (unpaired) electrons. The molecule has 6 heteroatoms. The van der Waals surface area contributed by atoms with E-state index in [1.807, 2.05) is 54.6 Å². The van der Waals surface area contributed by atoms with E-state index in [1.165, 1.54) is 0 Å². The molecule has 0 aliphatic carbocycles. The normalized spacial score (nSPS) is 13.2. The highest BCUT2D eigenvalue weighted by Gasteiger charge is 2.39. The fourth-order valence-corrected chi connectivity index (χ4v) is 5.79. The number of para-hydroxylation sites is 1. The summed E-state index contributed by atoms with van der Waals surface area (Å²) in [5.41, 5.74) is 3.98. The molecule has 0 saturated heterocycles. The molecular weight excluding hydrogens is 480 g/mol. The molecule has 4 aromatic rings. The van der Waals surface area contributed by atoms with E-state index in [4.69, 9.17) is 13.9 Å². The van der Waals surface area contributed by atoms with Gasteiger partial charge < -0.3 is 13.9 Å². The Labute approximate surface area is 219 Å². The molecule has 1 unspecified atom stereocenters. The molecule has 0 spiro atoms. The van der Waals surface area contributed by atoms with Gasteiger partial charge in [-0.25, -0.2) is 0 Å². The van der Waals surface area contributed by atoms with Gasteiger partial charge in [-0.1, -0.05) is 75.4 Å². The van der Waals surface area contributed by atoms with Gasteiger partial charge in [0.15, 0.2) is 14.1 Å². The summed E-state index contributed by atoms with van der Waals surface area (Å²) >= 11 is 0. The molecule has 1 aromatic heterocycles. The first-order chi connectivity index (χ1) is 17.5. The third kappa shape index (κ3) is 5.86. The van der Waals surface area contributed by atoms with E-state index >= 15 is 0 Å². The predicted octanol–water partition coefficient (Wildman–Crippen LogP) is 8.33. The number of carboxylic acids is 1. The number of fused-ring (bicyclic) bond motifs is 3. The zero-order chi connectivity index (χ0) is 26.8. The molecule has 1 heterocycles. The lowest BCUT2D eigenvalue weighted by atomic mass is 9.90. The minimum Gasteiger partial charge on any atom is -0.481 e. The van der Waals surface area contributed by atoms with Gasteiger partial charge in [0.2, 0.25) is 0 Å². The largest absolute Gasteiger partial charge is 0.481 e. The van der Waals surface area contributed by atoms with E-state index < -0.39 is 14.3 Å². The Kier molecular flexibility index (Phi) is 7.71. The quantitative estimate of drug-likeness (QED) is 0.169. The van der Waals surface area contributed by atoms with Crippen molar-refractivity contribution < 1.29 is 23.5 Å². The molecule has 37 heavy (non-hydrogen) atoms. The number of hydrogen-bond donors (Lipinski definition) is 1. The second-order valence-corrected chi connectivity index (χ2v) is 16.0. The van der Waals surface area contributed by atoms with E-state index in [2.05, 4.69) is 46.0 Å². The smallest absolute Gasteiger partial charge is 0.303 e. The lowest BCUT2D eigenvalue weighted by Gasteiger charge is -2.39.